The van der Waals surface area contributed by atoms with Gasteiger partial charge in [-0.1, -0.05) is 13.8 Å². The van der Waals surface area contributed by atoms with Crippen LogP contribution in [0.3, 0.4) is 0 Å². The van der Waals surface area contributed by atoms with Crippen LogP contribution in [0.5, 0.6) is 0 Å². The zero-order chi connectivity index (χ0) is 15.6. The quantitative estimate of drug-likeness (QED) is 0.534. The van der Waals surface area contributed by atoms with Gasteiger partial charge in [0.25, 0.3) is 0 Å². The van der Waals surface area contributed by atoms with E-state index in [4.69, 9.17) is 10.5 Å². The van der Waals surface area contributed by atoms with Crippen LogP contribution in [0, 0.1) is 5.95 Å². The average Bonchev–Trinajstić information content (AvgIpc) is 2.46. The highest BCUT2D eigenvalue weighted by Gasteiger charge is 2.16. The monoisotopic (exact) mass is 288 g/mol. The Morgan fingerprint density at radius 1 is 1.33 bits per heavy atom. The molecule has 1 aromatic heterocycles. The van der Waals surface area contributed by atoms with Gasteiger partial charge in [-0.15, -0.1) is 0 Å². The molecule has 110 valence electrons. The number of carbonyl (C=O) groups is 1. The maximum absolute atomic E-state index is 13.3. The molecule has 0 saturated carbocycles. The second-order valence-electron chi connectivity index (χ2n) is 5.04. The van der Waals surface area contributed by atoms with Gasteiger partial charge in [0.2, 0.25) is 5.95 Å². The first-order chi connectivity index (χ1) is 9.93. The van der Waals surface area contributed by atoms with Gasteiger partial charge in [-0.05, 0) is 35.2 Å². The predicted molar refractivity (Wildman–Crippen MR) is 79.5 cm³/mol. The molecule has 1 aromatic carbocycles. The van der Waals surface area contributed by atoms with Crippen LogP contribution in [0.4, 0.5) is 10.1 Å². The number of hydrogen-bond acceptors (Lipinski definition) is 4. The van der Waals surface area contributed by atoms with E-state index in [1.165, 1.54) is 19.4 Å². The van der Waals surface area contributed by atoms with Crippen LogP contribution in [0.2, 0.25) is 0 Å². The number of halogens is 1. The lowest BCUT2D eigenvalue weighted by Crippen LogP contribution is -2.07. The Morgan fingerprint density at radius 2 is 2.05 bits per heavy atom. The largest absolute Gasteiger partial charge is 0.465 e. The lowest BCUT2D eigenvalue weighted by Gasteiger charge is -2.16. The molecule has 0 aliphatic heterocycles. The molecule has 2 rings (SSSR count). The Hall–Kier alpha value is -2.43. The maximum atomic E-state index is 13.3. The van der Waals surface area contributed by atoms with Crippen molar-refractivity contribution in [2.75, 3.05) is 12.8 Å². The molecule has 0 aliphatic carbocycles. The minimum atomic E-state index is -0.596. The number of nitrogens with two attached hydrogens (primary N) is 1. The number of aromatic nitrogens is 1. The summed E-state index contributed by atoms with van der Waals surface area (Å²) in [4.78, 5) is 15.3. The molecule has 2 aromatic rings. The summed E-state index contributed by atoms with van der Waals surface area (Å²) in [6.07, 6.45) is 1.37. The van der Waals surface area contributed by atoms with Crippen molar-refractivity contribution in [1.29, 1.82) is 0 Å². The highest BCUT2D eigenvalue weighted by Crippen LogP contribution is 2.34. The molecule has 0 bridgehead atoms. The summed E-state index contributed by atoms with van der Waals surface area (Å²) in [5.41, 5.74) is 9.10. The number of ether oxygens (including phenoxy) is 1. The normalized spacial score (nSPS) is 10.7. The van der Waals surface area contributed by atoms with E-state index in [1.807, 2.05) is 13.8 Å². The van der Waals surface area contributed by atoms with Crippen LogP contribution in [-0.4, -0.2) is 18.1 Å². The Bertz CT molecular complexity index is 684. The molecule has 0 unspecified atom stereocenters. The smallest absolute Gasteiger partial charge is 0.337 e. The van der Waals surface area contributed by atoms with Crippen LogP contribution in [0.15, 0.2) is 30.5 Å². The van der Waals surface area contributed by atoms with Gasteiger partial charge in [0.15, 0.2) is 0 Å². The number of hydrogen-bond donors (Lipinski definition) is 1. The SMILES string of the molecule is COC(=O)c1cc(-c2ccnc(F)c2)c(N)c(C(C)C)c1. The summed E-state index contributed by atoms with van der Waals surface area (Å²) in [5, 5.41) is 0. The first-order valence-electron chi connectivity index (χ1n) is 6.57. The Labute approximate surface area is 122 Å². The Morgan fingerprint density at radius 3 is 2.62 bits per heavy atom. The van der Waals surface area contributed by atoms with Crippen LogP contribution in [0.25, 0.3) is 11.1 Å². The number of esters is 1. The fraction of sp³-hybridized carbons (Fsp3) is 0.250. The molecule has 0 fully saturated rings. The van der Waals surface area contributed by atoms with E-state index in [2.05, 4.69) is 4.98 Å². The van der Waals surface area contributed by atoms with E-state index < -0.39 is 11.9 Å². The topological polar surface area (TPSA) is 65.2 Å². The molecule has 1 heterocycles. The lowest BCUT2D eigenvalue weighted by atomic mass is 9.92. The third kappa shape index (κ3) is 3.02. The number of nitrogen functional groups attached to an aromatic ring is 1. The number of anilines is 1. The molecule has 2 N–H and O–H groups in total. The van der Waals surface area contributed by atoms with E-state index >= 15 is 0 Å². The van der Waals surface area contributed by atoms with Crippen molar-refractivity contribution in [2.24, 2.45) is 0 Å². The highest BCUT2D eigenvalue weighted by atomic mass is 19.1. The minimum absolute atomic E-state index is 0.125. The second-order valence-corrected chi connectivity index (χ2v) is 5.04. The van der Waals surface area contributed by atoms with Gasteiger partial charge in [0, 0.05) is 23.5 Å². The third-order valence-electron chi connectivity index (χ3n) is 3.29. The third-order valence-corrected chi connectivity index (χ3v) is 3.29. The molecule has 0 saturated heterocycles. The van der Waals surface area contributed by atoms with Crippen LogP contribution in [-0.2, 0) is 4.74 Å². The fourth-order valence-electron chi connectivity index (χ4n) is 2.20. The van der Waals surface area contributed by atoms with Crippen molar-refractivity contribution >= 4 is 11.7 Å². The van der Waals surface area contributed by atoms with E-state index in [0.717, 1.165) is 5.56 Å². The van der Waals surface area contributed by atoms with Crippen LogP contribution in [0.1, 0.15) is 35.7 Å². The molecule has 21 heavy (non-hydrogen) atoms. The number of rotatable bonds is 3. The fourth-order valence-corrected chi connectivity index (χ4v) is 2.20. The summed E-state index contributed by atoms with van der Waals surface area (Å²) in [6, 6.07) is 6.27. The Kier molecular flexibility index (Phi) is 4.21. The Balaban J connectivity index is 2.69. The maximum Gasteiger partial charge on any atom is 0.337 e. The molecule has 0 radical (unpaired) electrons. The molecular formula is C16H17FN2O2. The molecular weight excluding hydrogens is 271 g/mol. The summed E-state index contributed by atoms with van der Waals surface area (Å²) < 4.78 is 18.1. The van der Waals surface area contributed by atoms with E-state index in [1.54, 1.807) is 18.2 Å². The van der Waals surface area contributed by atoms with Gasteiger partial charge in [-0.25, -0.2) is 9.78 Å². The second kappa shape index (κ2) is 5.91. The molecule has 0 atom stereocenters. The molecule has 0 spiro atoms. The number of methoxy groups -OCH3 is 1. The number of carbonyl (C=O) groups excluding carboxylic acids is 1. The van der Waals surface area contributed by atoms with Crippen molar-refractivity contribution < 1.29 is 13.9 Å². The standard InChI is InChI=1S/C16H17FN2O2/c1-9(2)12-6-11(16(20)21-3)7-13(15(12)18)10-4-5-19-14(17)8-10/h4-9H,18H2,1-3H3. The van der Waals surface area contributed by atoms with Crippen LogP contribution < -0.4 is 5.73 Å². The van der Waals surface area contributed by atoms with Gasteiger partial charge >= 0.3 is 5.97 Å². The number of benzene rings is 1. The zero-order valence-electron chi connectivity index (χ0n) is 12.2. The van der Waals surface area contributed by atoms with Gasteiger partial charge in [0.1, 0.15) is 0 Å². The van der Waals surface area contributed by atoms with Gasteiger partial charge in [0.05, 0.1) is 12.7 Å². The van der Waals surface area contributed by atoms with Gasteiger partial charge in [-0.3, -0.25) is 0 Å². The van der Waals surface area contributed by atoms with Crippen molar-refractivity contribution in [1.82, 2.24) is 4.98 Å². The zero-order valence-corrected chi connectivity index (χ0v) is 12.2. The predicted octanol–water partition coefficient (Wildman–Crippen LogP) is 3.38. The highest BCUT2D eigenvalue weighted by molar-refractivity contribution is 5.94. The average molecular weight is 288 g/mol. The van der Waals surface area contributed by atoms with Crippen molar-refractivity contribution in [2.45, 2.75) is 19.8 Å². The minimum Gasteiger partial charge on any atom is -0.465 e. The van der Waals surface area contributed by atoms with Crippen molar-refractivity contribution in [3.8, 4) is 11.1 Å². The van der Waals surface area contributed by atoms with Gasteiger partial charge in [-0.2, -0.15) is 4.39 Å². The van der Waals surface area contributed by atoms with Gasteiger partial charge < -0.3 is 10.5 Å². The van der Waals surface area contributed by atoms with Crippen molar-refractivity contribution in [3.63, 3.8) is 0 Å². The number of pyridine rings is 1. The first kappa shape index (κ1) is 15.0. The van der Waals surface area contributed by atoms with E-state index in [0.29, 0.717) is 22.4 Å². The van der Waals surface area contributed by atoms with E-state index in [9.17, 15) is 9.18 Å². The summed E-state index contributed by atoms with van der Waals surface area (Å²) in [5.74, 6) is -0.922. The van der Waals surface area contributed by atoms with Crippen LogP contribution >= 0.6 is 0 Å². The first-order valence-corrected chi connectivity index (χ1v) is 6.57. The molecule has 0 amide bonds. The van der Waals surface area contributed by atoms with E-state index in [-0.39, 0.29) is 5.92 Å². The van der Waals surface area contributed by atoms with Crippen molar-refractivity contribution in [3.05, 3.63) is 47.5 Å². The summed E-state index contributed by atoms with van der Waals surface area (Å²) in [7, 11) is 1.32. The summed E-state index contributed by atoms with van der Waals surface area (Å²) >= 11 is 0. The molecule has 4 nitrogen and oxygen atoms in total. The summed E-state index contributed by atoms with van der Waals surface area (Å²) in [6.45, 7) is 3.95. The lowest BCUT2D eigenvalue weighted by molar-refractivity contribution is 0.0600. The molecule has 5 heteroatoms. The molecule has 0 aliphatic rings. The number of nitrogens with zero attached hydrogens (tertiary/aromatic N) is 1.